The highest BCUT2D eigenvalue weighted by Crippen LogP contribution is 2.25. The molecule has 14 heteroatoms. The number of nitrogens with zero attached hydrogens (tertiary/aromatic N) is 7. The summed E-state index contributed by atoms with van der Waals surface area (Å²) in [6.45, 7) is 14.6. The van der Waals surface area contributed by atoms with E-state index < -0.39 is 17.5 Å². The molecule has 0 aliphatic carbocycles. The zero-order valence-electron chi connectivity index (χ0n) is 25.7. The number of anilines is 4. The lowest BCUT2D eigenvalue weighted by Crippen LogP contribution is -2.46. The van der Waals surface area contributed by atoms with Crippen molar-refractivity contribution in [3.05, 3.63) is 52.4 Å². The smallest absolute Gasteiger partial charge is 0.435 e. The molecule has 2 saturated heterocycles. The SMILES string of the molecule is CCN1CCN(c2cc(Nc3cc(C)n(C(=O)OC(C)(C)C)n3)nc(NC3CCN(C(=O)c4ccc(Cl)cc4F)C3)n2)CC1. The number of rotatable bonds is 7. The first-order chi connectivity index (χ1) is 20.9. The summed E-state index contributed by atoms with van der Waals surface area (Å²) in [5.41, 5.74) is -0.0545. The van der Waals surface area contributed by atoms with Gasteiger partial charge in [0.2, 0.25) is 5.95 Å². The van der Waals surface area contributed by atoms with Gasteiger partial charge in [0.15, 0.2) is 5.82 Å². The Hall–Kier alpha value is -3.97. The van der Waals surface area contributed by atoms with Crippen LogP contribution in [0, 0.1) is 12.7 Å². The van der Waals surface area contributed by atoms with Crippen LogP contribution in [0.5, 0.6) is 0 Å². The number of nitrogens with one attached hydrogen (secondary N) is 2. The first kappa shape index (κ1) is 31.5. The number of benzene rings is 1. The highest BCUT2D eigenvalue weighted by molar-refractivity contribution is 6.30. The molecule has 5 rings (SSSR count). The van der Waals surface area contributed by atoms with E-state index in [4.69, 9.17) is 26.3 Å². The van der Waals surface area contributed by atoms with Crippen LogP contribution in [0.1, 0.15) is 50.2 Å². The van der Waals surface area contributed by atoms with Gasteiger partial charge in [0.25, 0.3) is 5.91 Å². The fraction of sp³-hybridized carbons (Fsp3) is 0.500. The van der Waals surface area contributed by atoms with Crippen molar-refractivity contribution >= 4 is 47.0 Å². The number of carbonyl (C=O) groups excluding carboxylic acids is 2. The van der Waals surface area contributed by atoms with Crippen molar-refractivity contribution in [1.82, 2.24) is 29.5 Å². The second kappa shape index (κ2) is 12.9. The summed E-state index contributed by atoms with van der Waals surface area (Å²) < 4.78 is 21.1. The monoisotopic (exact) mass is 627 g/mol. The van der Waals surface area contributed by atoms with E-state index in [-0.39, 0.29) is 22.5 Å². The molecule has 2 fully saturated rings. The van der Waals surface area contributed by atoms with E-state index in [0.29, 0.717) is 42.8 Å². The Labute approximate surface area is 261 Å². The molecule has 4 heterocycles. The number of amides is 1. The number of piperazine rings is 1. The third kappa shape index (κ3) is 7.56. The predicted octanol–water partition coefficient (Wildman–Crippen LogP) is 4.77. The number of hydrogen-bond acceptors (Lipinski definition) is 10. The van der Waals surface area contributed by atoms with E-state index in [2.05, 4.69) is 32.5 Å². The molecular formula is C30H39ClFN9O3. The molecule has 12 nitrogen and oxygen atoms in total. The lowest BCUT2D eigenvalue weighted by Gasteiger charge is -2.35. The quantitative estimate of drug-likeness (QED) is 0.379. The van der Waals surface area contributed by atoms with Gasteiger partial charge in [-0.2, -0.15) is 14.6 Å². The molecule has 1 aromatic carbocycles. The molecule has 1 unspecified atom stereocenters. The molecule has 1 atom stereocenters. The van der Waals surface area contributed by atoms with E-state index in [1.54, 1.807) is 38.7 Å². The zero-order chi connectivity index (χ0) is 31.6. The molecule has 0 radical (unpaired) electrons. The minimum absolute atomic E-state index is 0.00730. The van der Waals surface area contributed by atoms with E-state index >= 15 is 0 Å². The zero-order valence-corrected chi connectivity index (χ0v) is 26.5. The predicted molar refractivity (Wildman–Crippen MR) is 168 cm³/mol. The van der Waals surface area contributed by atoms with Gasteiger partial charge in [0, 0.05) is 68.2 Å². The standard InChI is InChI=1S/C30H39ClFN9O3/c1-6-38-11-13-39(14-12-38)26-17-24(34-25-15-19(2)41(37-25)29(43)44-30(3,4)5)35-28(36-26)33-21-9-10-40(18-21)27(42)22-8-7-20(31)16-23(22)32/h7-8,15-17,21H,6,9-14,18H2,1-5H3,(H2,33,34,35,36,37). The summed E-state index contributed by atoms with van der Waals surface area (Å²) in [7, 11) is 0. The average Bonchev–Trinajstić information content (AvgIpc) is 3.58. The second-order valence-electron chi connectivity index (χ2n) is 12.0. The number of ether oxygens (including phenoxy) is 1. The van der Waals surface area contributed by atoms with Crippen LogP contribution < -0.4 is 15.5 Å². The largest absolute Gasteiger partial charge is 0.442 e. The summed E-state index contributed by atoms with van der Waals surface area (Å²) in [5.74, 6) is 1.05. The van der Waals surface area contributed by atoms with Gasteiger partial charge in [-0.15, -0.1) is 5.10 Å². The van der Waals surface area contributed by atoms with Gasteiger partial charge in [-0.25, -0.2) is 9.18 Å². The van der Waals surface area contributed by atoms with Crippen molar-refractivity contribution in [3.8, 4) is 0 Å². The van der Waals surface area contributed by atoms with Crippen LogP contribution in [0.25, 0.3) is 0 Å². The van der Waals surface area contributed by atoms with Crippen molar-refractivity contribution in [3.63, 3.8) is 0 Å². The first-order valence-corrected chi connectivity index (χ1v) is 15.2. The van der Waals surface area contributed by atoms with Gasteiger partial charge >= 0.3 is 6.09 Å². The van der Waals surface area contributed by atoms with Crippen molar-refractivity contribution in [2.24, 2.45) is 0 Å². The number of aryl methyl sites for hydroxylation is 1. The topological polar surface area (TPSA) is 121 Å². The Kier molecular flexibility index (Phi) is 9.26. The van der Waals surface area contributed by atoms with E-state index in [1.807, 2.05) is 6.07 Å². The maximum atomic E-state index is 14.4. The van der Waals surface area contributed by atoms with Gasteiger partial charge in [0.1, 0.15) is 23.1 Å². The number of hydrogen-bond donors (Lipinski definition) is 2. The highest BCUT2D eigenvalue weighted by Gasteiger charge is 2.29. The number of aromatic nitrogens is 4. The van der Waals surface area contributed by atoms with Crippen LogP contribution in [0.4, 0.5) is 32.6 Å². The molecule has 2 aromatic heterocycles. The van der Waals surface area contributed by atoms with Gasteiger partial charge in [-0.05, 0) is 58.9 Å². The third-order valence-corrected chi connectivity index (χ3v) is 7.77. The van der Waals surface area contributed by atoms with Crippen LogP contribution in [0.15, 0.2) is 30.3 Å². The molecule has 1 amide bonds. The molecule has 44 heavy (non-hydrogen) atoms. The Balaban J connectivity index is 1.34. The van der Waals surface area contributed by atoms with E-state index in [0.717, 1.165) is 44.6 Å². The van der Waals surface area contributed by atoms with Gasteiger partial charge < -0.3 is 30.1 Å². The summed E-state index contributed by atoms with van der Waals surface area (Å²) in [4.78, 5) is 41.4. The van der Waals surface area contributed by atoms with Crippen molar-refractivity contribution in [2.45, 2.75) is 52.7 Å². The van der Waals surface area contributed by atoms with Crippen LogP contribution in [-0.4, -0.2) is 99.0 Å². The summed E-state index contributed by atoms with van der Waals surface area (Å²) in [6, 6.07) is 7.54. The van der Waals surface area contributed by atoms with Crippen molar-refractivity contribution < 1.29 is 18.7 Å². The second-order valence-corrected chi connectivity index (χ2v) is 12.5. The molecule has 236 valence electrons. The van der Waals surface area contributed by atoms with Gasteiger partial charge in [0.05, 0.1) is 5.56 Å². The fourth-order valence-electron chi connectivity index (χ4n) is 5.25. The van der Waals surface area contributed by atoms with E-state index in [1.165, 1.54) is 16.8 Å². The maximum absolute atomic E-state index is 14.4. The Bertz CT molecular complexity index is 1520. The van der Waals surface area contributed by atoms with Gasteiger partial charge in [-0.1, -0.05) is 18.5 Å². The summed E-state index contributed by atoms with van der Waals surface area (Å²) >= 11 is 5.86. The van der Waals surface area contributed by atoms with Crippen molar-refractivity contribution in [1.29, 1.82) is 0 Å². The molecule has 3 aromatic rings. The summed E-state index contributed by atoms with van der Waals surface area (Å²) in [6.07, 6.45) is 0.0766. The average molecular weight is 628 g/mol. The molecule has 2 aliphatic rings. The summed E-state index contributed by atoms with van der Waals surface area (Å²) in [5, 5.41) is 11.2. The van der Waals surface area contributed by atoms with Crippen LogP contribution in [0.2, 0.25) is 5.02 Å². The van der Waals surface area contributed by atoms with Crippen molar-refractivity contribution in [2.75, 3.05) is 61.3 Å². The minimum atomic E-state index is -0.656. The molecule has 2 N–H and O–H groups in total. The van der Waals surface area contributed by atoms with Gasteiger partial charge in [-0.3, -0.25) is 4.79 Å². The molecule has 0 spiro atoms. The van der Waals surface area contributed by atoms with E-state index in [9.17, 15) is 14.0 Å². The fourth-order valence-corrected chi connectivity index (χ4v) is 5.41. The maximum Gasteiger partial charge on any atom is 0.435 e. The number of likely N-dealkylation sites (N-methyl/N-ethyl adjacent to an activating group) is 1. The molecule has 0 saturated carbocycles. The first-order valence-electron chi connectivity index (χ1n) is 14.8. The third-order valence-electron chi connectivity index (χ3n) is 7.54. The Morgan fingerprint density at radius 2 is 1.82 bits per heavy atom. The number of halogens is 2. The normalized spacial score (nSPS) is 17.6. The van der Waals surface area contributed by atoms with Crippen LogP contribution in [-0.2, 0) is 4.74 Å². The van der Waals surface area contributed by atoms with Crippen LogP contribution in [0.3, 0.4) is 0 Å². The molecule has 0 bridgehead atoms. The molecular weight excluding hydrogens is 589 g/mol. The Morgan fingerprint density at radius 1 is 1.07 bits per heavy atom. The number of likely N-dealkylation sites (tertiary alicyclic amines) is 1. The lowest BCUT2D eigenvalue weighted by molar-refractivity contribution is 0.0511. The minimum Gasteiger partial charge on any atom is -0.442 e. The lowest BCUT2D eigenvalue weighted by atomic mass is 10.2. The molecule has 2 aliphatic heterocycles. The number of carbonyl (C=O) groups is 2. The Morgan fingerprint density at radius 3 is 2.50 bits per heavy atom. The van der Waals surface area contributed by atoms with Crippen LogP contribution >= 0.6 is 11.6 Å². The highest BCUT2D eigenvalue weighted by atomic mass is 35.5.